The van der Waals surface area contributed by atoms with E-state index in [-0.39, 0.29) is 30.0 Å². The number of aliphatic imine (C=N–C) groups is 1. The van der Waals surface area contributed by atoms with Gasteiger partial charge in [-0.2, -0.15) is 10.3 Å². The van der Waals surface area contributed by atoms with Crippen molar-refractivity contribution in [3.8, 4) is 6.07 Å². The first-order chi connectivity index (χ1) is 15.0. The van der Waals surface area contributed by atoms with Gasteiger partial charge in [-0.05, 0) is 42.8 Å². The minimum Gasteiger partial charge on any atom is -0.383 e. The topological polar surface area (TPSA) is 111 Å². The van der Waals surface area contributed by atoms with Gasteiger partial charge in [-0.15, -0.1) is 0 Å². The first-order valence-corrected chi connectivity index (χ1v) is 9.90. The van der Waals surface area contributed by atoms with Crippen molar-refractivity contribution in [1.82, 2.24) is 21.5 Å². The molecule has 2 aromatic carbocycles. The number of carbonyl (C=O) groups is 1. The molecule has 0 spiro atoms. The van der Waals surface area contributed by atoms with Gasteiger partial charge >= 0.3 is 0 Å². The van der Waals surface area contributed by atoms with E-state index in [1.807, 2.05) is 13.0 Å². The number of hydrogen-bond acceptors (Lipinski definition) is 5. The largest absolute Gasteiger partial charge is 0.383 e. The molecule has 8 nitrogen and oxygen atoms in total. The van der Waals surface area contributed by atoms with Crippen LogP contribution in [0.4, 0.5) is 4.39 Å². The lowest BCUT2D eigenvalue weighted by Crippen LogP contribution is -2.52. The van der Waals surface area contributed by atoms with Crippen LogP contribution < -0.4 is 21.5 Å². The van der Waals surface area contributed by atoms with Gasteiger partial charge in [0, 0.05) is 31.2 Å². The number of nitriles is 1. The molecule has 1 fully saturated rings. The van der Waals surface area contributed by atoms with Gasteiger partial charge in [-0.3, -0.25) is 4.79 Å². The summed E-state index contributed by atoms with van der Waals surface area (Å²) in [6, 6.07) is 14.6. The standard InChI is InChI=1S/C22H25FN6O2/c1-14(13-31-2)25-22(27-21(30)17-5-3-4-15(10-17)12-24)26-20-11-19(28-29-20)16-6-8-18(23)9-7-16/h3-10,14,19-20,28-29H,11,13H2,1-2H3,(H2,25,26,27,30)/t14-,19?,20?/m0/s1. The third-order valence-electron chi connectivity index (χ3n) is 4.74. The fourth-order valence-corrected chi connectivity index (χ4v) is 3.25. The molecule has 1 saturated heterocycles. The monoisotopic (exact) mass is 424 g/mol. The molecule has 3 atom stereocenters. The molecule has 3 rings (SSSR count). The molecule has 0 saturated carbocycles. The van der Waals surface area contributed by atoms with Gasteiger partial charge in [0.2, 0.25) is 5.96 Å². The number of methoxy groups -OCH3 is 1. The van der Waals surface area contributed by atoms with Crippen LogP contribution in [0.5, 0.6) is 0 Å². The van der Waals surface area contributed by atoms with E-state index in [4.69, 9.17) is 10.00 Å². The Morgan fingerprint density at radius 2 is 2.10 bits per heavy atom. The smallest absolute Gasteiger partial charge is 0.280 e. The summed E-state index contributed by atoms with van der Waals surface area (Å²) in [5.74, 6) is -0.470. The van der Waals surface area contributed by atoms with Gasteiger partial charge in [0.15, 0.2) is 0 Å². The van der Waals surface area contributed by atoms with Crippen LogP contribution in [0.2, 0.25) is 0 Å². The van der Waals surface area contributed by atoms with E-state index >= 15 is 0 Å². The van der Waals surface area contributed by atoms with Crippen LogP contribution in [0.1, 0.15) is 40.9 Å². The van der Waals surface area contributed by atoms with Gasteiger partial charge in [0.25, 0.3) is 5.91 Å². The SMILES string of the molecule is COC[C@H](C)N/C(=N/C(=O)c1cccc(C#N)c1)NC1CC(c2ccc(F)cc2)NN1. The molecule has 1 amide bonds. The summed E-state index contributed by atoms with van der Waals surface area (Å²) in [7, 11) is 1.59. The van der Waals surface area contributed by atoms with Crippen molar-refractivity contribution in [1.29, 1.82) is 5.26 Å². The van der Waals surface area contributed by atoms with E-state index in [1.165, 1.54) is 18.2 Å². The number of hydrazine groups is 1. The number of benzene rings is 2. The highest BCUT2D eigenvalue weighted by Crippen LogP contribution is 2.21. The lowest BCUT2D eigenvalue weighted by atomic mass is 10.0. The molecular formula is C22H25FN6O2. The van der Waals surface area contributed by atoms with Crippen molar-refractivity contribution in [3.05, 3.63) is 71.0 Å². The third kappa shape index (κ3) is 6.33. The highest BCUT2D eigenvalue weighted by molar-refractivity contribution is 6.02. The van der Waals surface area contributed by atoms with Crippen molar-refractivity contribution in [2.75, 3.05) is 13.7 Å². The van der Waals surface area contributed by atoms with Crippen molar-refractivity contribution in [3.63, 3.8) is 0 Å². The number of carbonyl (C=O) groups excluding carboxylic acids is 1. The van der Waals surface area contributed by atoms with E-state index < -0.39 is 5.91 Å². The van der Waals surface area contributed by atoms with Gasteiger partial charge < -0.3 is 15.4 Å². The molecule has 2 unspecified atom stereocenters. The fourth-order valence-electron chi connectivity index (χ4n) is 3.25. The van der Waals surface area contributed by atoms with E-state index in [0.29, 0.717) is 24.2 Å². The van der Waals surface area contributed by atoms with Crippen molar-refractivity contribution < 1.29 is 13.9 Å². The Bertz CT molecular complexity index is 973. The minimum absolute atomic E-state index is 0.0289. The first-order valence-electron chi connectivity index (χ1n) is 9.90. The Hall–Kier alpha value is -3.32. The van der Waals surface area contributed by atoms with E-state index in [2.05, 4.69) is 26.5 Å². The second-order valence-electron chi connectivity index (χ2n) is 7.28. The van der Waals surface area contributed by atoms with Crippen molar-refractivity contribution in [2.24, 2.45) is 4.99 Å². The maximum absolute atomic E-state index is 13.2. The molecule has 162 valence electrons. The van der Waals surface area contributed by atoms with Crippen molar-refractivity contribution >= 4 is 11.9 Å². The summed E-state index contributed by atoms with van der Waals surface area (Å²) in [4.78, 5) is 16.9. The van der Waals surface area contributed by atoms with E-state index in [0.717, 1.165) is 5.56 Å². The number of nitrogens with one attached hydrogen (secondary N) is 4. The quantitative estimate of drug-likeness (QED) is 0.415. The third-order valence-corrected chi connectivity index (χ3v) is 4.74. The number of halogens is 1. The van der Waals surface area contributed by atoms with Gasteiger partial charge in [0.1, 0.15) is 5.82 Å². The fraction of sp³-hybridized carbons (Fsp3) is 0.318. The zero-order valence-electron chi connectivity index (χ0n) is 17.4. The van der Waals surface area contributed by atoms with Crippen LogP contribution in [0.15, 0.2) is 53.5 Å². The Labute approximate surface area is 180 Å². The zero-order valence-corrected chi connectivity index (χ0v) is 17.4. The Morgan fingerprint density at radius 3 is 2.81 bits per heavy atom. The predicted molar refractivity (Wildman–Crippen MR) is 114 cm³/mol. The zero-order chi connectivity index (χ0) is 22.2. The first kappa shape index (κ1) is 22.4. The highest BCUT2D eigenvalue weighted by atomic mass is 19.1. The second kappa shape index (κ2) is 10.6. The molecule has 4 N–H and O–H groups in total. The molecule has 0 bridgehead atoms. The predicted octanol–water partition coefficient (Wildman–Crippen LogP) is 1.97. The molecule has 1 aliphatic rings. The summed E-state index contributed by atoms with van der Waals surface area (Å²) >= 11 is 0. The number of ether oxygens (including phenoxy) is 1. The normalized spacial score (nSPS) is 19.5. The lowest BCUT2D eigenvalue weighted by molar-refractivity contribution is 0.100. The number of hydrogen-bond donors (Lipinski definition) is 4. The Balaban J connectivity index is 1.72. The number of amides is 1. The molecule has 9 heteroatoms. The van der Waals surface area contributed by atoms with Gasteiger partial charge in [-0.25, -0.2) is 15.2 Å². The molecule has 0 aliphatic carbocycles. The minimum atomic E-state index is -0.474. The molecule has 0 aromatic heterocycles. The van der Waals surface area contributed by atoms with Crippen LogP contribution in [-0.4, -0.2) is 37.8 Å². The highest BCUT2D eigenvalue weighted by Gasteiger charge is 2.26. The Morgan fingerprint density at radius 1 is 1.32 bits per heavy atom. The van der Waals surface area contributed by atoms with Crippen molar-refractivity contribution in [2.45, 2.75) is 31.6 Å². The van der Waals surface area contributed by atoms with Crippen LogP contribution in [0, 0.1) is 17.1 Å². The van der Waals surface area contributed by atoms with Crippen LogP contribution in [-0.2, 0) is 4.74 Å². The van der Waals surface area contributed by atoms with Crippen LogP contribution in [0.25, 0.3) is 0 Å². The average molecular weight is 424 g/mol. The second-order valence-corrected chi connectivity index (χ2v) is 7.28. The molecule has 1 aliphatic heterocycles. The molecular weight excluding hydrogens is 399 g/mol. The summed E-state index contributed by atoms with van der Waals surface area (Å²) in [6.45, 7) is 2.33. The summed E-state index contributed by atoms with van der Waals surface area (Å²) < 4.78 is 18.3. The van der Waals surface area contributed by atoms with Gasteiger partial charge in [0.05, 0.1) is 24.4 Å². The van der Waals surface area contributed by atoms with E-state index in [1.54, 1.807) is 37.4 Å². The maximum Gasteiger partial charge on any atom is 0.280 e. The lowest BCUT2D eigenvalue weighted by Gasteiger charge is -2.20. The number of nitrogens with zero attached hydrogens (tertiary/aromatic N) is 2. The maximum atomic E-state index is 13.2. The Kier molecular flexibility index (Phi) is 7.67. The summed E-state index contributed by atoms with van der Waals surface area (Å²) in [5.41, 5.74) is 7.94. The van der Waals surface area contributed by atoms with Gasteiger partial charge in [-0.1, -0.05) is 18.2 Å². The molecule has 31 heavy (non-hydrogen) atoms. The summed E-state index contributed by atoms with van der Waals surface area (Å²) in [5, 5.41) is 15.4. The average Bonchev–Trinajstić information content (AvgIpc) is 3.22. The van der Waals surface area contributed by atoms with E-state index in [9.17, 15) is 9.18 Å². The summed E-state index contributed by atoms with van der Waals surface area (Å²) in [6.07, 6.45) is 0.414. The number of rotatable bonds is 6. The molecule has 0 radical (unpaired) electrons. The molecule has 1 heterocycles. The van der Waals surface area contributed by atoms with Crippen LogP contribution >= 0.6 is 0 Å². The molecule has 2 aromatic rings. The van der Waals surface area contributed by atoms with Crippen LogP contribution in [0.3, 0.4) is 0 Å². The number of guanidine groups is 1.